The summed E-state index contributed by atoms with van der Waals surface area (Å²) in [5.41, 5.74) is 0. The third-order valence-corrected chi connectivity index (χ3v) is 9.16. The van der Waals surface area contributed by atoms with Crippen LogP contribution in [0.15, 0.2) is 0 Å². The Bertz CT molecular complexity index is 388. The highest BCUT2D eigenvalue weighted by Crippen LogP contribution is 2.41. The van der Waals surface area contributed by atoms with E-state index >= 15 is 0 Å². The molecule has 0 rings (SSSR count). The fourth-order valence-corrected chi connectivity index (χ4v) is 7.34. The van der Waals surface area contributed by atoms with E-state index < -0.39 is 18.3 Å². The molecule has 0 aromatic heterocycles. The van der Waals surface area contributed by atoms with Crippen molar-refractivity contribution in [1.82, 2.24) is 0 Å². The van der Waals surface area contributed by atoms with Gasteiger partial charge < -0.3 is 0 Å². The van der Waals surface area contributed by atoms with Crippen molar-refractivity contribution in [2.24, 2.45) is 0 Å². The highest BCUT2D eigenvalue weighted by Gasteiger charge is 2.19. The van der Waals surface area contributed by atoms with Gasteiger partial charge in [-0.15, -0.1) is 0 Å². The number of rotatable bonds is 21. The van der Waals surface area contributed by atoms with E-state index in [9.17, 15) is 8.42 Å². The summed E-state index contributed by atoms with van der Waals surface area (Å²) in [6, 6.07) is 0. The van der Waals surface area contributed by atoms with E-state index in [-0.39, 0.29) is 5.75 Å². The fourth-order valence-electron chi connectivity index (χ4n) is 3.23. The first-order valence-electron chi connectivity index (χ1n) is 11.7. The zero-order chi connectivity index (χ0) is 20.2. The van der Waals surface area contributed by atoms with Crippen LogP contribution in [0.25, 0.3) is 0 Å². The predicted octanol–water partition coefficient (Wildman–Crippen LogP) is 8.03. The second-order valence-electron chi connectivity index (χ2n) is 7.86. The molecule has 0 N–H and O–H groups in total. The molecule has 164 valence electrons. The molecule has 0 saturated carbocycles. The molecular weight excluding hydrogens is 375 g/mol. The lowest BCUT2D eigenvalue weighted by atomic mass is 10.1. The lowest BCUT2D eigenvalue weighted by Gasteiger charge is -2.17. The van der Waals surface area contributed by atoms with Gasteiger partial charge in [0.05, 0.1) is 13.9 Å². The van der Waals surface area contributed by atoms with E-state index in [1.54, 1.807) is 0 Å². The minimum atomic E-state index is -3.33. The zero-order valence-corrected chi connectivity index (χ0v) is 20.2. The Morgan fingerprint density at radius 3 is 1.37 bits per heavy atom. The molecular formula is C22H47O3PS. The summed E-state index contributed by atoms with van der Waals surface area (Å²) >= 11 is 0. The average Bonchev–Trinajstić information content (AvgIpc) is 2.63. The lowest BCUT2D eigenvalue weighted by molar-refractivity contribution is 0.499. The Kier molecular flexibility index (Phi) is 19.9. The van der Waals surface area contributed by atoms with Crippen molar-refractivity contribution in [3.8, 4) is 0 Å². The highest BCUT2D eigenvalue weighted by molar-refractivity contribution is 7.90. The second kappa shape index (κ2) is 19.6. The van der Waals surface area contributed by atoms with Gasteiger partial charge in [0.15, 0.2) is 0 Å². The zero-order valence-electron chi connectivity index (χ0n) is 18.5. The van der Waals surface area contributed by atoms with Crippen LogP contribution in [-0.4, -0.2) is 26.5 Å². The van der Waals surface area contributed by atoms with Crippen LogP contribution in [0.3, 0.4) is 0 Å². The molecule has 0 spiro atoms. The van der Waals surface area contributed by atoms with E-state index in [1.165, 1.54) is 70.6 Å². The quantitative estimate of drug-likeness (QED) is 0.139. The van der Waals surface area contributed by atoms with Crippen molar-refractivity contribution in [2.45, 2.75) is 124 Å². The van der Waals surface area contributed by atoms with Crippen molar-refractivity contribution < 1.29 is 12.4 Å². The Morgan fingerprint density at radius 1 is 0.556 bits per heavy atom. The molecule has 0 bridgehead atoms. The predicted molar refractivity (Wildman–Crippen MR) is 122 cm³/mol. The van der Waals surface area contributed by atoms with Crippen LogP contribution in [0.1, 0.15) is 124 Å². The molecule has 0 heterocycles. The van der Waals surface area contributed by atoms with Crippen LogP contribution in [0, 0.1) is 0 Å². The maximum absolute atomic E-state index is 12.3. The average molecular weight is 423 g/mol. The second-order valence-corrected chi connectivity index (χ2v) is 11.8. The molecule has 27 heavy (non-hydrogen) atoms. The number of unbranched alkanes of at least 4 members (excludes halogenated alkanes) is 13. The minimum Gasteiger partial charge on any atom is -0.248 e. The van der Waals surface area contributed by atoms with Gasteiger partial charge in [0.2, 0.25) is 0 Å². The molecule has 0 aliphatic heterocycles. The van der Waals surface area contributed by atoms with Gasteiger partial charge >= 0.3 is 0 Å². The van der Waals surface area contributed by atoms with Gasteiger partial charge in [-0.3, -0.25) is 0 Å². The monoisotopic (exact) mass is 422 g/mol. The van der Waals surface area contributed by atoms with E-state index in [0.717, 1.165) is 44.4 Å². The van der Waals surface area contributed by atoms with Crippen LogP contribution in [0.2, 0.25) is 0 Å². The molecule has 0 aliphatic rings. The summed E-state index contributed by atoms with van der Waals surface area (Å²) in [7, 11) is -4.13. The van der Waals surface area contributed by atoms with Gasteiger partial charge in [0, 0.05) is 0 Å². The normalized spacial score (nSPS) is 12.1. The molecule has 0 aromatic rings. The van der Waals surface area contributed by atoms with E-state index in [2.05, 4.69) is 20.8 Å². The van der Waals surface area contributed by atoms with Crippen molar-refractivity contribution in [1.29, 1.82) is 0 Å². The summed E-state index contributed by atoms with van der Waals surface area (Å²) in [5, 5.41) is 0. The lowest BCUT2D eigenvalue weighted by Crippen LogP contribution is -2.10. The Morgan fingerprint density at radius 2 is 0.926 bits per heavy atom. The van der Waals surface area contributed by atoms with E-state index in [0.29, 0.717) is 0 Å². The van der Waals surface area contributed by atoms with Gasteiger partial charge in [-0.25, -0.2) is 3.97 Å². The maximum Gasteiger partial charge on any atom is 0.270 e. The third kappa shape index (κ3) is 19.4. The summed E-state index contributed by atoms with van der Waals surface area (Å²) in [5.74, 6) is 0.212. The van der Waals surface area contributed by atoms with Crippen LogP contribution in [0.5, 0.6) is 0 Å². The smallest absolute Gasteiger partial charge is 0.248 e. The molecule has 0 amide bonds. The first-order chi connectivity index (χ1) is 13.1. The molecule has 5 heteroatoms. The standard InChI is InChI=1S/C22H47O3PS/c1-4-7-10-11-12-13-14-15-16-19-22-27(23,24)25-26(20-17-8-5-2)21-18-9-6-3/h4-22H2,1-3H3. The third-order valence-electron chi connectivity index (χ3n) is 4.99. The fraction of sp³-hybridized carbons (Fsp3) is 1.00. The summed E-state index contributed by atoms with van der Waals surface area (Å²) in [6.07, 6.45) is 21.0. The van der Waals surface area contributed by atoms with Crippen LogP contribution >= 0.6 is 8.15 Å². The van der Waals surface area contributed by atoms with E-state index in [1.807, 2.05) is 0 Å². The first kappa shape index (κ1) is 27.3. The Labute approximate surface area is 172 Å². The maximum atomic E-state index is 12.3. The van der Waals surface area contributed by atoms with Gasteiger partial charge in [-0.1, -0.05) is 104 Å². The Hall–Kier alpha value is 0.340. The van der Waals surface area contributed by atoms with Crippen molar-refractivity contribution in [2.75, 3.05) is 18.1 Å². The molecule has 0 atom stereocenters. The summed E-state index contributed by atoms with van der Waals surface area (Å²) in [4.78, 5) is 0. The SMILES string of the molecule is CCCCCCCCCCCCS(=O)(=O)OP(CCCCC)CCCCC. The van der Waals surface area contributed by atoms with Gasteiger partial charge in [-0.05, 0) is 31.6 Å². The van der Waals surface area contributed by atoms with Gasteiger partial charge in [0.1, 0.15) is 0 Å². The topological polar surface area (TPSA) is 43.4 Å². The minimum absolute atomic E-state index is 0.212. The molecule has 0 fully saturated rings. The van der Waals surface area contributed by atoms with Crippen molar-refractivity contribution >= 4 is 18.3 Å². The molecule has 3 nitrogen and oxygen atoms in total. The highest BCUT2D eigenvalue weighted by atomic mass is 32.2. The molecule has 0 unspecified atom stereocenters. The molecule has 0 radical (unpaired) electrons. The first-order valence-corrected chi connectivity index (χ1v) is 14.9. The number of hydrogen-bond donors (Lipinski definition) is 0. The summed E-state index contributed by atoms with van der Waals surface area (Å²) in [6.45, 7) is 6.61. The van der Waals surface area contributed by atoms with Gasteiger partial charge in [0.25, 0.3) is 10.1 Å². The van der Waals surface area contributed by atoms with Crippen LogP contribution in [-0.2, 0) is 14.1 Å². The number of hydrogen-bond acceptors (Lipinski definition) is 3. The molecule has 0 aromatic carbocycles. The largest absolute Gasteiger partial charge is 0.270 e. The summed E-state index contributed by atoms with van der Waals surface area (Å²) < 4.78 is 30.3. The van der Waals surface area contributed by atoms with Crippen LogP contribution < -0.4 is 0 Å². The Balaban J connectivity index is 3.91. The molecule has 0 saturated heterocycles. The van der Waals surface area contributed by atoms with E-state index in [4.69, 9.17) is 3.97 Å². The van der Waals surface area contributed by atoms with Crippen molar-refractivity contribution in [3.05, 3.63) is 0 Å². The molecule has 0 aliphatic carbocycles. The van der Waals surface area contributed by atoms with Crippen molar-refractivity contribution in [3.63, 3.8) is 0 Å². The van der Waals surface area contributed by atoms with Crippen LogP contribution in [0.4, 0.5) is 0 Å². The van der Waals surface area contributed by atoms with Gasteiger partial charge in [-0.2, -0.15) is 8.42 Å².